The SMILES string of the molecule is C=CCc1cccc(C=NNC(=O)CSc2nnc(CNc3cccc4ccccc34)n2CC=C)c1O. The van der Waals surface area contributed by atoms with E-state index in [2.05, 4.69) is 57.4 Å². The number of benzene rings is 3. The standard InChI is InChI=1S/C28H28N6O2S/c1-3-9-21-12-7-13-22(27(21)36)17-30-32-26(35)19-37-28-33-31-25(34(28)16-4-2)18-29-24-15-8-11-20-10-5-6-14-23(20)24/h3-8,10-15,17,29,36H,1-2,9,16,18-19H2,(H,32,35). The second-order valence-corrected chi connectivity index (χ2v) is 9.05. The molecule has 0 atom stereocenters. The highest BCUT2D eigenvalue weighted by Crippen LogP contribution is 2.24. The molecule has 0 aliphatic heterocycles. The van der Waals surface area contributed by atoms with E-state index in [-0.39, 0.29) is 17.4 Å². The number of anilines is 1. The van der Waals surface area contributed by atoms with E-state index in [4.69, 9.17) is 0 Å². The summed E-state index contributed by atoms with van der Waals surface area (Å²) in [5, 5.41) is 29.2. The summed E-state index contributed by atoms with van der Waals surface area (Å²) in [4.78, 5) is 12.4. The van der Waals surface area contributed by atoms with Crippen LogP contribution in [0.5, 0.6) is 5.75 Å². The first kappa shape index (κ1) is 25.7. The number of nitrogens with zero attached hydrogens (tertiary/aromatic N) is 4. The number of phenols is 1. The fraction of sp³-hybridized carbons (Fsp3) is 0.143. The lowest BCUT2D eigenvalue weighted by atomic mass is 10.1. The number of nitrogens with one attached hydrogen (secondary N) is 2. The molecule has 0 spiro atoms. The number of rotatable bonds is 12. The van der Waals surface area contributed by atoms with Crippen molar-refractivity contribution < 1.29 is 9.90 Å². The van der Waals surface area contributed by atoms with Crippen molar-refractivity contribution in [2.24, 2.45) is 5.10 Å². The van der Waals surface area contributed by atoms with Crippen molar-refractivity contribution in [2.45, 2.75) is 24.7 Å². The summed E-state index contributed by atoms with van der Waals surface area (Å²) in [6.45, 7) is 8.51. The van der Waals surface area contributed by atoms with Crippen molar-refractivity contribution >= 4 is 40.3 Å². The van der Waals surface area contributed by atoms with E-state index in [1.807, 2.05) is 41.0 Å². The van der Waals surface area contributed by atoms with Gasteiger partial charge in [0.2, 0.25) is 0 Å². The summed E-state index contributed by atoms with van der Waals surface area (Å²) < 4.78 is 1.93. The minimum Gasteiger partial charge on any atom is -0.507 e. The van der Waals surface area contributed by atoms with Gasteiger partial charge in [-0.2, -0.15) is 5.10 Å². The van der Waals surface area contributed by atoms with Crippen LogP contribution < -0.4 is 10.7 Å². The number of para-hydroxylation sites is 1. The summed E-state index contributed by atoms with van der Waals surface area (Å²) in [5.41, 5.74) is 4.76. The molecule has 0 aliphatic carbocycles. The quantitative estimate of drug-likeness (QED) is 0.108. The third-order valence-electron chi connectivity index (χ3n) is 5.57. The monoisotopic (exact) mass is 512 g/mol. The number of fused-ring (bicyclic) bond motifs is 1. The van der Waals surface area contributed by atoms with E-state index >= 15 is 0 Å². The molecular formula is C28H28N6O2S. The molecule has 0 saturated carbocycles. The first-order valence-electron chi connectivity index (χ1n) is 11.7. The maximum atomic E-state index is 12.4. The number of thioether (sulfide) groups is 1. The summed E-state index contributed by atoms with van der Waals surface area (Å²) in [5.74, 6) is 0.665. The molecule has 1 heterocycles. The van der Waals surface area contributed by atoms with E-state index in [0.717, 1.165) is 27.8 Å². The Balaban J connectivity index is 1.36. The Hall–Kier alpha value is -4.37. The van der Waals surface area contributed by atoms with Gasteiger partial charge in [0.1, 0.15) is 5.75 Å². The lowest BCUT2D eigenvalue weighted by molar-refractivity contribution is -0.118. The van der Waals surface area contributed by atoms with Crippen molar-refractivity contribution in [2.75, 3.05) is 11.1 Å². The summed E-state index contributed by atoms with van der Waals surface area (Å²) in [7, 11) is 0. The average molecular weight is 513 g/mol. The lowest BCUT2D eigenvalue weighted by Crippen LogP contribution is -2.20. The van der Waals surface area contributed by atoms with Crippen LogP contribution in [0.15, 0.2) is 96.2 Å². The number of carbonyl (C=O) groups is 1. The van der Waals surface area contributed by atoms with Crippen molar-refractivity contribution in [1.82, 2.24) is 20.2 Å². The zero-order chi connectivity index (χ0) is 26.0. The van der Waals surface area contributed by atoms with E-state index < -0.39 is 0 Å². The van der Waals surface area contributed by atoms with Gasteiger partial charge < -0.3 is 15.0 Å². The molecule has 0 radical (unpaired) electrons. The van der Waals surface area contributed by atoms with Crippen molar-refractivity contribution in [1.29, 1.82) is 0 Å². The maximum Gasteiger partial charge on any atom is 0.250 e. The maximum absolute atomic E-state index is 12.4. The van der Waals surface area contributed by atoms with Crippen LogP contribution in [0.2, 0.25) is 0 Å². The number of hydrogen-bond acceptors (Lipinski definition) is 7. The van der Waals surface area contributed by atoms with Crippen molar-refractivity contribution in [3.63, 3.8) is 0 Å². The van der Waals surface area contributed by atoms with Gasteiger partial charge in [-0.05, 0) is 29.5 Å². The largest absolute Gasteiger partial charge is 0.507 e. The van der Waals surface area contributed by atoms with Gasteiger partial charge in [0, 0.05) is 23.2 Å². The Labute approximate surface area is 219 Å². The molecule has 9 heteroatoms. The van der Waals surface area contributed by atoms with Gasteiger partial charge in [-0.1, -0.05) is 72.4 Å². The first-order chi connectivity index (χ1) is 18.1. The molecular weight excluding hydrogens is 484 g/mol. The van der Waals surface area contributed by atoms with Crippen LogP contribution >= 0.6 is 11.8 Å². The zero-order valence-corrected chi connectivity index (χ0v) is 21.1. The number of allylic oxidation sites excluding steroid dienone is 2. The molecule has 0 unspecified atom stereocenters. The molecule has 0 bridgehead atoms. The summed E-state index contributed by atoms with van der Waals surface area (Å²) in [6, 6.07) is 19.7. The van der Waals surface area contributed by atoms with Gasteiger partial charge in [0.15, 0.2) is 11.0 Å². The summed E-state index contributed by atoms with van der Waals surface area (Å²) >= 11 is 1.27. The molecule has 0 fully saturated rings. The normalized spacial score (nSPS) is 11.0. The van der Waals surface area contributed by atoms with Gasteiger partial charge in [-0.3, -0.25) is 4.79 Å². The second kappa shape index (κ2) is 12.5. The lowest BCUT2D eigenvalue weighted by Gasteiger charge is -2.11. The number of aromatic nitrogens is 3. The van der Waals surface area contributed by atoms with Crippen molar-refractivity contribution in [3.05, 3.63) is 103 Å². The van der Waals surface area contributed by atoms with Crippen LogP contribution in [-0.4, -0.2) is 37.7 Å². The zero-order valence-electron chi connectivity index (χ0n) is 20.3. The van der Waals surface area contributed by atoms with Gasteiger partial charge in [0.25, 0.3) is 5.91 Å². The Bertz CT molecular complexity index is 1440. The third-order valence-corrected chi connectivity index (χ3v) is 6.54. The van der Waals surface area contributed by atoms with Crippen LogP contribution in [0, 0.1) is 0 Å². The molecule has 3 aromatic carbocycles. The third kappa shape index (κ3) is 6.45. The summed E-state index contributed by atoms with van der Waals surface area (Å²) in [6.07, 6.45) is 5.44. The first-order valence-corrected chi connectivity index (χ1v) is 12.7. The van der Waals surface area contributed by atoms with Crippen LogP contribution in [0.25, 0.3) is 10.8 Å². The van der Waals surface area contributed by atoms with E-state index in [0.29, 0.717) is 30.2 Å². The number of aromatic hydroxyl groups is 1. The van der Waals surface area contributed by atoms with Gasteiger partial charge in [-0.15, -0.1) is 23.4 Å². The molecule has 1 amide bonds. The number of hydrazone groups is 1. The fourth-order valence-corrected chi connectivity index (χ4v) is 4.55. The van der Waals surface area contributed by atoms with Crippen LogP contribution in [0.1, 0.15) is 17.0 Å². The Kier molecular flexibility index (Phi) is 8.72. The minimum atomic E-state index is -0.299. The molecule has 0 aliphatic rings. The van der Waals surface area contributed by atoms with E-state index in [9.17, 15) is 9.90 Å². The molecule has 188 valence electrons. The number of hydrogen-bond donors (Lipinski definition) is 3. The van der Waals surface area contributed by atoms with Crippen molar-refractivity contribution in [3.8, 4) is 5.75 Å². The van der Waals surface area contributed by atoms with E-state index in [1.54, 1.807) is 18.2 Å². The second-order valence-electron chi connectivity index (χ2n) is 8.11. The molecule has 8 nitrogen and oxygen atoms in total. The van der Waals surface area contributed by atoms with Crippen LogP contribution in [0.4, 0.5) is 5.69 Å². The van der Waals surface area contributed by atoms with Gasteiger partial charge in [-0.25, -0.2) is 5.43 Å². The van der Waals surface area contributed by atoms with Gasteiger partial charge >= 0.3 is 0 Å². The smallest absolute Gasteiger partial charge is 0.250 e. The molecule has 1 aromatic heterocycles. The number of carbonyl (C=O) groups excluding carboxylic acids is 1. The average Bonchev–Trinajstić information content (AvgIpc) is 3.30. The topological polar surface area (TPSA) is 104 Å². The number of phenolic OH excluding ortho intramolecular Hbond substituents is 1. The molecule has 4 aromatic rings. The predicted molar refractivity (Wildman–Crippen MR) is 150 cm³/mol. The number of amides is 1. The minimum absolute atomic E-state index is 0.103. The fourth-order valence-electron chi connectivity index (χ4n) is 3.79. The Morgan fingerprint density at radius 1 is 1.05 bits per heavy atom. The molecule has 37 heavy (non-hydrogen) atoms. The highest BCUT2D eigenvalue weighted by Gasteiger charge is 2.14. The van der Waals surface area contributed by atoms with Crippen LogP contribution in [0.3, 0.4) is 0 Å². The molecule has 4 rings (SSSR count). The Morgan fingerprint density at radius 2 is 1.86 bits per heavy atom. The predicted octanol–water partition coefficient (Wildman–Crippen LogP) is 4.91. The highest BCUT2D eigenvalue weighted by molar-refractivity contribution is 7.99. The molecule has 3 N–H and O–H groups in total. The highest BCUT2D eigenvalue weighted by atomic mass is 32.2. The van der Waals surface area contributed by atoms with Crippen LogP contribution in [-0.2, 0) is 24.3 Å². The van der Waals surface area contributed by atoms with Gasteiger partial charge in [0.05, 0.1) is 18.5 Å². The molecule has 0 saturated heterocycles. The van der Waals surface area contributed by atoms with E-state index in [1.165, 1.54) is 18.0 Å². The Morgan fingerprint density at radius 3 is 2.70 bits per heavy atom.